The highest BCUT2D eigenvalue weighted by Crippen LogP contribution is 2.31. The fourth-order valence-corrected chi connectivity index (χ4v) is 2.01. The van der Waals surface area contributed by atoms with Gasteiger partial charge in [0.1, 0.15) is 5.02 Å². The Balaban J connectivity index is 3.13. The zero-order valence-electron chi connectivity index (χ0n) is 9.61. The van der Waals surface area contributed by atoms with E-state index in [1.807, 2.05) is 0 Å². The highest BCUT2D eigenvalue weighted by molar-refractivity contribution is 9.08. The minimum absolute atomic E-state index is 0.0160. The molecule has 0 saturated carbocycles. The Kier molecular flexibility index (Phi) is 5.55. The number of nitrogens with zero attached hydrogens (tertiary/aromatic N) is 1. The van der Waals surface area contributed by atoms with Crippen LogP contribution in [-0.4, -0.2) is 17.5 Å². The lowest BCUT2D eigenvalue weighted by Crippen LogP contribution is -2.09. The monoisotopic (exact) mass is 335 g/mol. The molecule has 18 heavy (non-hydrogen) atoms. The SMILES string of the molecule is CCOC(=O)Cc1cc(CBr)cc([N+](=O)[O-])c1Cl. The fourth-order valence-electron chi connectivity index (χ4n) is 1.44. The van der Waals surface area contributed by atoms with Gasteiger partial charge in [-0.05, 0) is 18.1 Å². The minimum Gasteiger partial charge on any atom is -0.466 e. The van der Waals surface area contributed by atoms with Gasteiger partial charge in [0.25, 0.3) is 5.69 Å². The molecule has 0 aliphatic rings. The molecule has 0 bridgehead atoms. The molecule has 98 valence electrons. The van der Waals surface area contributed by atoms with Crippen LogP contribution in [-0.2, 0) is 21.3 Å². The van der Waals surface area contributed by atoms with Gasteiger partial charge in [-0.25, -0.2) is 0 Å². The molecule has 1 aromatic carbocycles. The number of alkyl halides is 1. The second-order valence-corrected chi connectivity index (χ2v) is 4.40. The molecule has 0 N–H and O–H groups in total. The first kappa shape index (κ1) is 14.9. The van der Waals surface area contributed by atoms with Crippen LogP contribution in [0.5, 0.6) is 0 Å². The van der Waals surface area contributed by atoms with Gasteiger partial charge in [0.05, 0.1) is 18.0 Å². The molecule has 7 heteroatoms. The Labute approximate surface area is 117 Å². The lowest BCUT2D eigenvalue weighted by atomic mass is 10.1. The van der Waals surface area contributed by atoms with Crippen molar-refractivity contribution in [2.24, 2.45) is 0 Å². The number of ether oxygens (including phenoxy) is 1. The molecule has 5 nitrogen and oxygen atoms in total. The van der Waals surface area contributed by atoms with E-state index < -0.39 is 10.9 Å². The standard InChI is InChI=1S/C11H11BrClNO4/c1-2-18-10(15)5-8-3-7(6-12)4-9(11(8)13)14(16)17/h3-4H,2,5-6H2,1H3. The van der Waals surface area contributed by atoms with Crippen molar-refractivity contribution in [3.05, 3.63) is 38.4 Å². The number of nitro benzene ring substituents is 1. The molecule has 0 aliphatic carbocycles. The fraction of sp³-hybridized carbons (Fsp3) is 0.364. The van der Waals surface area contributed by atoms with Crippen LogP contribution >= 0.6 is 27.5 Å². The molecule has 1 rings (SSSR count). The van der Waals surface area contributed by atoms with Crippen LogP contribution in [0.4, 0.5) is 5.69 Å². The summed E-state index contributed by atoms with van der Waals surface area (Å²) in [6.07, 6.45) is -0.0750. The Morgan fingerprint density at radius 3 is 2.72 bits per heavy atom. The van der Waals surface area contributed by atoms with Crippen molar-refractivity contribution in [1.82, 2.24) is 0 Å². The molecule has 0 saturated heterocycles. The van der Waals surface area contributed by atoms with Crippen molar-refractivity contribution >= 4 is 39.2 Å². The van der Waals surface area contributed by atoms with E-state index in [2.05, 4.69) is 15.9 Å². The molecule has 0 heterocycles. The van der Waals surface area contributed by atoms with Crippen LogP contribution in [0, 0.1) is 10.1 Å². The number of benzene rings is 1. The van der Waals surface area contributed by atoms with Gasteiger partial charge in [-0.3, -0.25) is 14.9 Å². The Bertz CT molecular complexity index is 478. The maximum atomic E-state index is 11.4. The van der Waals surface area contributed by atoms with Crippen molar-refractivity contribution in [2.45, 2.75) is 18.7 Å². The predicted octanol–water partition coefficient (Wildman–Crippen LogP) is 3.25. The van der Waals surface area contributed by atoms with Crippen LogP contribution in [0.3, 0.4) is 0 Å². The lowest BCUT2D eigenvalue weighted by molar-refractivity contribution is -0.384. The molecular formula is C11H11BrClNO4. The van der Waals surface area contributed by atoms with Crippen LogP contribution in [0.25, 0.3) is 0 Å². The summed E-state index contributed by atoms with van der Waals surface area (Å²) in [4.78, 5) is 21.7. The number of esters is 1. The molecule has 0 atom stereocenters. The summed E-state index contributed by atoms with van der Waals surface area (Å²) in [7, 11) is 0. The van der Waals surface area contributed by atoms with Gasteiger partial charge in [-0.2, -0.15) is 0 Å². The quantitative estimate of drug-likeness (QED) is 0.358. The molecule has 0 aliphatic heterocycles. The van der Waals surface area contributed by atoms with Gasteiger partial charge in [0, 0.05) is 11.4 Å². The van der Waals surface area contributed by atoms with Gasteiger partial charge in [-0.1, -0.05) is 33.6 Å². The van der Waals surface area contributed by atoms with E-state index in [1.165, 1.54) is 6.07 Å². The Morgan fingerprint density at radius 2 is 2.22 bits per heavy atom. The van der Waals surface area contributed by atoms with Crippen LogP contribution in [0.2, 0.25) is 5.02 Å². The number of rotatable bonds is 5. The average Bonchev–Trinajstić information content (AvgIpc) is 2.31. The number of carbonyl (C=O) groups excluding carboxylic acids is 1. The van der Waals surface area contributed by atoms with Crippen LogP contribution in [0.15, 0.2) is 12.1 Å². The van der Waals surface area contributed by atoms with Crippen molar-refractivity contribution in [2.75, 3.05) is 6.61 Å². The third-order valence-electron chi connectivity index (χ3n) is 2.18. The zero-order chi connectivity index (χ0) is 13.7. The average molecular weight is 337 g/mol. The molecule has 0 radical (unpaired) electrons. The molecule has 0 aromatic heterocycles. The van der Waals surface area contributed by atoms with Crippen molar-refractivity contribution in [3.8, 4) is 0 Å². The van der Waals surface area contributed by atoms with E-state index >= 15 is 0 Å². The first-order valence-corrected chi connectivity index (χ1v) is 6.66. The van der Waals surface area contributed by atoms with Gasteiger partial charge in [0.2, 0.25) is 0 Å². The van der Waals surface area contributed by atoms with E-state index in [-0.39, 0.29) is 23.7 Å². The number of halogens is 2. The van der Waals surface area contributed by atoms with E-state index in [4.69, 9.17) is 16.3 Å². The van der Waals surface area contributed by atoms with Crippen molar-refractivity contribution in [1.29, 1.82) is 0 Å². The van der Waals surface area contributed by atoms with Gasteiger partial charge >= 0.3 is 5.97 Å². The van der Waals surface area contributed by atoms with E-state index in [0.717, 1.165) is 0 Å². The maximum Gasteiger partial charge on any atom is 0.310 e. The highest BCUT2D eigenvalue weighted by Gasteiger charge is 2.19. The van der Waals surface area contributed by atoms with Gasteiger partial charge in [-0.15, -0.1) is 0 Å². The van der Waals surface area contributed by atoms with Crippen LogP contribution in [0.1, 0.15) is 18.1 Å². The minimum atomic E-state index is -0.566. The highest BCUT2D eigenvalue weighted by atomic mass is 79.9. The van der Waals surface area contributed by atoms with Gasteiger partial charge in [0.15, 0.2) is 0 Å². The smallest absolute Gasteiger partial charge is 0.310 e. The largest absolute Gasteiger partial charge is 0.466 e. The summed E-state index contributed by atoms with van der Waals surface area (Å²) in [6, 6.07) is 3.03. The summed E-state index contributed by atoms with van der Waals surface area (Å²) < 4.78 is 4.80. The van der Waals surface area contributed by atoms with E-state index in [0.29, 0.717) is 16.5 Å². The Morgan fingerprint density at radius 1 is 1.56 bits per heavy atom. The summed E-state index contributed by atoms with van der Waals surface area (Å²) in [6.45, 7) is 1.95. The number of hydrogen-bond acceptors (Lipinski definition) is 4. The van der Waals surface area contributed by atoms with Crippen molar-refractivity contribution < 1.29 is 14.5 Å². The van der Waals surface area contributed by atoms with E-state index in [1.54, 1.807) is 13.0 Å². The molecule has 0 amide bonds. The third-order valence-corrected chi connectivity index (χ3v) is 3.26. The summed E-state index contributed by atoms with van der Waals surface area (Å²) in [5, 5.41) is 11.3. The molecule has 0 fully saturated rings. The van der Waals surface area contributed by atoms with Gasteiger partial charge < -0.3 is 4.74 Å². The van der Waals surface area contributed by atoms with Crippen molar-refractivity contribution in [3.63, 3.8) is 0 Å². The zero-order valence-corrected chi connectivity index (χ0v) is 12.0. The first-order chi connectivity index (χ1) is 8.49. The first-order valence-electron chi connectivity index (χ1n) is 5.16. The Hall–Kier alpha value is -1.14. The summed E-state index contributed by atoms with van der Waals surface area (Å²) >= 11 is 9.13. The second-order valence-electron chi connectivity index (χ2n) is 3.46. The molecule has 0 unspecified atom stereocenters. The number of carbonyl (C=O) groups is 1. The second kappa shape index (κ2) is 6.70. The van der Waals surface area contributed by atoms with Crippen LogP contribution < -0.4 is 0 Å². The normalized spacial score (nSPS) is 10.2. The molecule has 0 spiro atoms. The topological polar surface area (TPSA) is 69.4 Å². The third kappa shape index (κ3) is 3.68. The summed E-state index contributed by atoms with van der Waals surface area (Å²) in [5.41, 5.74) is 0.886. The summed E-state index contributed by atoms with van der Waals surface area (Å²) in [5.74, 6) is -0.458. The molecule has 1 aromatic rings. The maximum absolute atomic E-state index is 11.4. The van der Waals surface area contributed by atoms with E-state index in [9.17, 15) is 14.9 Å². The number of hydrogen-bond donors (Lipinski definition) is 0. The lowest BCUT2D eigenvalue weighted by Gasteiger charge is -2.07. The predicted molar refractivity (Wildman–Crippen MR) is 71.1 cm³/mol. The molecular weight excluding hydrogens is 325 g/mol. The number of nitro groups is 1.